The summed E-state index contributed by atoms with van der Waals surface area (Å²) in [5.41, 5.74) is 4.30. The Morgan fingerprint density at radius 2 is 1.72 bits per heavy atom. The zero-order valence-electron chi connectivity index (χ0n) is 15.3. The molecule has 0 bridgehead atoms. The first-order valence-corrected chi connectivity index (χ1v) is 8.57. The largest absolute Gasteiger partial charge is 0.352 e. The summed E-state index contributed by atoms with van der Waals surface area (Å²) < 4.78 is 0. The van der Waals surface area contributed by atoms with E-state index < -0.39 is 5.41 Å². The second-order valence-corrected chi connectivity index (χ2v) is 7.49. The van der Waals surface area contributed by atoms with Gasteiger partial charge in [0, 0.05) is 29.7 Å². The van der Waals surface area contributed by atoms with E-state index in [0.717, 1.165) is 16.3 Å². The van der Waals surface area contributed by atoms with Crippen LogP contribution >= 0.6 is 0 Å². The third-order valence-corrected chi connectivity index (χ3v) is 4.39. The molecule has 0 unspecified atom stereocenters. The summed E-state index contributed by atoms with van der Waals surface area (Å²) in [6.45, 7) is 8.35. The molecule has 128 valence electrons. The number of rotatable bonds is 3. The number of benzene rings is 2. The van der Waals surface area contributed by atoms with Crippen LogP contribution in [0.4, 0.5) is 0 Å². The number of carbonyl (C=O) groups excluding carboxylic acids is 1. The van der Waals surface area contributed by atoms with Gasteiger partial charge in [-0.3, -0.25) is 9.78 Å². The van der Waals surface area contributed by atoms with Crippen LogP contribution in [0.15, 0.2) is 54.9 Å². The minimum absolute atomic E-state index is 0.0483. The molecule has 0 aliphatic carbocycles. The van der Waals surface area contributed by atoms with Crippen molar-refractivity contribution >= 4 is 16.7 Å². The lowest BCUT2D eigenvalue weighted by atomic mass is 9.94. The monoisotopic (exact) mass is 332 g/mol. The van der Waals surface area contributed by atoms with E-state index >= 15 is 0 Å². The molecule has 1 heterocycles. The fourth-order valence-electron chi connectivity index (χ4n) is 2.83. The van der Waals surface area contributed by atoms with Gasteiger partial charge in [-0.15, -0.1) is 0 Å². The van der Waals surface area contributed by atoms with E-state index in [9.17, 15) is 4.79 Å². The highest BCUT2D eigenvalue weighted by molar-refractivity contribution is 5.98. The normalized spacial score (nSPS) is 11.5. The van der Waals surface area contributed by atoms with Gasteiger partial charge < -0.3 is 5.32 Å². The van der Waals surface area contributed by atoms with E-state index in [1.165, 1.54) is 16.7 Å². The van der Waals surface area contributed by atoms with Crippen molar-refractivity contribution in [3.63, 3.8) is 0 Å². The number of pyridine rings is 1. The van der Waals surface area contributed by atoms with Gasteiger partial charge >= 0.3 is 0 Å². The van der Waals surface area contributed by atoms with E-state index in [2.05, 4.69) is 53.6 Å². The van der Waals surface area contributed by atoms with E-state index in [1.807, 2.05) is 39.2 Å². The first kappa shape index (κ1) is 17.2. The highest BCUT2D eigenvalue weighted by Gasteiger charge is 2.20. The lowest BCUT2D eigenvalue weighted by Crippen LogP contribution is -2.34. The molecule has 0 aliphatic heterocycles. The second kappa shape index (κ2) is 6.67. The molecule has 0 spiro atoms. The molecule has 0 aliphatic rings. The first-order valence-electron chi connectivity index (χ1n) is 8.57. The van der Waals surface area contributed by atoms with E-state index in [1.54, 1.807) is 0 Å². The molecule has 2 aromatic carbocycles. The van der Waals surface area contributed by atoms with E-state index in [-0.39, 0.29) is 5.91 Å². The van der Waals surface area contributed by atoms with Gasteiger partial charge in [-0.1, -0.05) is 62.7 Å². The number of hydrogen-bond donors (Lipinski definition) is 1. The lowest BCUT2D eigenvalue weighted by molar-refractivity contribution is -0.128. The lowest BCUT2D eigenvalue weighted by Gasteiger charge is -2.18. The van der Waals surface area contributed by atoms with Crippen LogP contribution in [0, 0.1) is 12.3 Å². The molecule has 0 saturated heterocycles. The van der Waals surface area contributed by atoms with Crippen LogP contribution in [-0.4, -0.2) is 10.9 Å². The van der Waals surface area contributed by atoms with Crippen LogP contribution in [0.25, 0.3) is 21.9 Å². The van der Waals surface area contributed by atoms with E-state index in [4.69, 9.17) is 0 Å². The Hall–Kier alpha value is -2.68. The van der Waals surface area contributed by atoms with Crippen LogP contribution in [0.1, 0.15) is 31.9 Å². The number of amides is 1. The molecule has 3 aromatic rings. The van der Waals surface area contributed by atoms with Gasteiger partial charge in [0.1, 0.15) is 0 Å². The van der Waals surface area contributed by atoms with Crippen LogP contribution < -0.4 is 5.32 Å². The average molecular weight is 332 g/mol. The van der Waals surface area contributed by atoms with Gasteiger partial charge in [0.15, 0.2) is 0 Å². The number of nitrogens with one attached hydrogen (secondary N) is 1. The molecule has 0 radical (unpaired) electrons. The molecule has 0 saturated carbocycles. The minimum Gasteiger partial charge on any atom is -0.352 e. The number of hydrogen-bond acceptors (Lipinski definition) is 2. The summed E-state index contributed by atoms with van der Waals surface area (Å²) in [6.07, 6.45) is 3.70. The number of carbonyl (C=O) groups is 1. The summed E-state index contributed by atoms with van der Waals surface area (Å²) in [5.74, 6) is 0.0483. The third-order valence-electron chi connectivity index (χ3n) is 4.39. The maximum atomic E-state index is 12.2. The topological polar surface area (TPSA) is 42.0 Å². The Kier molecular flexibility index (Phi) is 4.58. The van der Waals surface area contributed by atoms with E-state index in [0.29, 0.717) is 6.54 Å². The Balaban J connectivity index is 1.99. The highest BCUT2D eigenvalue weighted by atomic mass is 16.2. The quantitative estimate of drug-likeness (QED) is 0.743. The molecule has 0 atom stereocenters. The van der Waals surface area contributed by atoms with Gasteiger partial charge in [-0.2, -0.15) is 0 Å². The molecule has 0 fully saturated rings. The third kappa shape index (κ3) is 3.71. The van der Waals surface area contributed by atoms with Crippen LogP contribution in [0.3, 0.4) is 0 Å². The van der Waals surface area contributed by atoms with Crippen molar-refractivity contribution in [1.29, 1.82) is 0 Å². The smallest absolute Gasteiger partial charge is 0.225 e. The van der Waals surface area contributed by atoms with Crippen molar-refractivity contribution in [2.75, 3.05) is 0 Å². The predicted molar refractivity (Wildman–Crippen MR) is 103 cm³/mol. The van der Waals surface area contributed by atoms with Crippen molar-refractivity contribution in [3.05, 3.63) is 66.0 Å². The molecule has 25 heavy (non-hydrogen) atoms. The molecule has 3 heteroatoms. The summed E-state index contributed by atoms with van der Waals surface area (Å²) in [5, 5.41) is 5.26. The van der Waals surface area contributed by atoms with Gasteiger partial charge in [-0.05, 0) is 35.1 Å². The maximum absolute atomic E-state index is 12.2. The van der Waals surface area contributed by atoms with Crippen molar-refractivity contribution < 1.29 is 4.79 Å². The number of nitrogens with zero attached hydrogens (tertiary/aromatic N) is 1. The predicted octanol–water partition coefficient (Wildman–Crippen LogP) is 4.87. The number of aromatic nitrogens is 1. The van der Waals surface area contributed by atoms with Gasteiger partial charge in [0.2, 0.25) is 5.91 Å². The van der Waals surface area contributed by atoms with Gasteiger partial charge in [0.25, 0.3) is 0 Å². The van der Waals surface area contributed by atoms with Crippen molar-refractivity contribution in [2.24, 2.45) is 5.41 Å². The Labute approximate surface area is 149 Å². The summed E-state index contributed by atoms with van der Waals surface area (Å²) in [6, 6.07) is 14.8. The number of fused-ring (bicyclic) bond motifs is 1. The summed E-state index contributed by atoms with van der Waals surface area (Å²) >= 11 is 0. The van der Waals surface area contributed by atoms with Crippen LogP contribution in [0.5, 0.6) is 0 Å². The summed E-state index contributed by atoms with van der Waals surface area (Å²) in [7, 11) is 0. The Morgan fingerprint density at radius 3 is 2.40 bits per heavy atom. The standard InChI is InChI=1S/C22H24N2O/c1-15-5-7-16(8-6-15)18-10-9-17(13-24-21(25)22(2,3)4)20-14-23-12-11-19(18)20/h5-12,14H,13H2,1-4H3,(H,24,25). The highest BCUT2D eigenvalue weighted by Crippen LogP contribution is 2.30. The Bertz CT molecular complexity index is 905. The summed E-state index contributed by atoms with van der Waals surface area (Å²) in [4.78, 5) is 16.5. The molecular formula is C22H24N2O. The molecule has 1 aromatic heterocycles. The zero-order valence-corrected chi connectivity index (χ0v) is 15.3. The maximum Gasteiger partial charge on any atom is 0.225 e. The van der Waals surface area contributed by atoms with Crippen LogP contribution in [-0.2, 0) is 11.3 Å². The van der Waals surface area contributed by atoms with Crippen LogP contribution in [0.2, 0.25) is 0 Å². The molecular weight excluding hydrogens is 308 g/mol. The molecule has 3 rings (SSSR count). The average Bonchev–Trinajstić information content (AvgIpc) is 2.59. The van der Waals surface area contributed by atoms with Crippen molar-refractivity contribution in [3.8, 4) is 11.1 Å². The van der Waals surface area contributed by atoms with Gasteiger partial charge in [-0.25, -0.2) is 0 Å². The molecule has 3 nitrogen and oxygen atoms in total. The fraction of sp³-hybridized carbons (Fsp3) is 0.273. The Morgan fingerprint density at radius 1 is 1.00 bits per heavy atom. The van der Waals surface area contributed by atoms with Crippen molar-refractivity contribution in [2.45, 2.75) is 34.2 Å². The molecule has 1 N–H and O–H groups in total. The second-order valence-electron chi connectivity index (χ2n) is 7.49. The zero-order chi connectivity index (χ0) is 18.0. The van der Waals surface area contributed by atoms with Gasteiger partial charge in [0.05, 0.1) is 0 Å². The first-order chi connectivity index (χ1) is 11.9. The molecule has 1 amide bonds. The SMILES string of the molecule is Cc1ccc(-c2ccc(CNC(=O)C(C)(C)C)c3cnccc23)cc1. The number of aryl methyl sites for hydroxylation is 1. The minimum atomic E-state index is -0.393. The van der Waals surface area contributed by atoms with Crippen molar-refractivity contribution in [1.82, 2.24) is 10.3 Å². The fourth-order valence-corrected chi connectivity index (χ4v) is 2.83.